The zero-order valence-electron chi connectivity index (χ0n) is 23.0. The van der Waals surface area contributed by atoms with Crippen molar-refractivity contribution in [2.45, 2.75) is 58.0 Å². The van der Waals surface area contributed by atoms with Crippen molar-refractivity contribution in [3.05, 3.63) is 59.2 Å². The number of amides is 1. The van der Waals surface area contributed by atoms with Gasteiger partial charge in [0.1, 0.15) is 22.9 Å². The molecule has 1 aliphatic carbocycles. The van der Waals surface area contributed by atoms with E-state index in [1.165, 1.54) is 12.5 Å². The van der Waals surface area contributed by atoms with E-state index in [4.69, 9.17) is 4.98 Å². The number of fused-ring (bicyclic) bond motifs is 2. The molecular weight excluding hydrogens is 526 g/mol. The van der Waals surface area contributed by atoms with Crippen molar-refractivity contribution in [2.24, 2.45) is 0 Å². The number of aromatic nitrogens is 5. The molecule has 0 spiro atoms. The molecule has 2 fully saturated rings. The van der Waals surface area contributed by atoms with E-state index in [2.05, 4.69) is 25.2 Å². The summed E-state index contributed by atoms with van der Waals surface area (Å²) in [5, 5.41) is 3.08. The number of hydrogen-bond donors (Lipinski definition) is 1. The number of imidazole rings is 1. The molecule has 2 aliphatic heterocycles. The summed E-state index contributed by atoms with van der Waals surface area (Å²) in [5.74, 6) is 0.450. The predicted molar refractivity (Wildman–Crippen MR) is 151 cm³/mol. The first-order chi connectivity index (χ1) is 19.9. The molecule has 212 valence electrons. The minimum absolute atomic E-state index is 0.00493. The Morgan fingerprint density at radius 3 is 2.66 bits per heavy atom. The standard InChI is InChI=1S/C30H32F2N8O/c1-18-34-29-22(31)13-20(14-25(29)40(18)21-6-7-21)28-23(32)15-33-30(37-28)36-26-8-5-19-16-39(12-9-24(19)35-26)27(41)17-38-10-3-2-4-11-38/h5,8,13-15,21H,2-4,6-7,9-12,16-17H2,1H3,(H,33,35,36,37). The van der Waals surface area contributed by atoms with E-state index in [0.717, 1.165) is 62.1 Å². The maximum atomic E-state index is 15.0. The lowest BCUT2D eigenvalue weighted by Gasteiger charge is -2.32. The van der Waals surface area contributed by atoms with Gasteiger partial charge in [0.2, 0.25) is 11.9 Å². The summed E-state index contributed by atoms with van der Waals surface area (Å²) in [4.78, 5) is 34.7. The maximum Gasteiger partial charge on any atom is 0.237 e. The van der Waals surface area contributed by atoms with Crippen LogP contribution >= 0.6 is 0 Å². The van der Waals surface area contributed by atoms with Crippen LogP contribution in [-0.4, -0.2) is 66.4 Å². The van der Waals surface area contributed by atoms with Gasteiger partial charge < -0.3 is 14.8 Å². The SMILES string of the molecule is Cc1nc2c(F)cc(-c3nc(Nc4ccc5c(n4)CCN(C(=O)CN4CCCCC4)C5)ncc3F)cc2n1C1CC1. The number of piperidine rings is 1. The number of nitrogens with one attached hydrogen (secondary N) is 1. The summed E-state index contributed by atoms with van der Waals surface area (Å²) in [5.41, 5.74) is 3.19. The zero-order valence-corrected chi connectivity index (χ0v) is 23.0. The van der Waals surface area contributed by atoms with Gasteiger partial charge in [-0.15, -0.1) is 0 Å². The third-order valence-corrected chi connectivity index (χ3v) is 8.30. The number of benzene rings is 1. The first-order valence-corrected chi connectivity index (χ1v) is 14.4. The van der Waals surface area contributed by atoms with Crippen LogP contribution in [-0.2, 0) is 17.8 Å². The number of anilines is 2. The number of aryl methyl sites for hydroxylation is 1. The predicted octanol–water partition coefficient (Wildman–Crippen LogP) is 4.92. The van der Waals surface area contributed by atoms with Crippen LogP contribution in [0.15, 0.2) is 30.5 Å². The van der Waals surface area contributed by atoms with Gasteiger partial charge in [0.15, 0.2) is 11.6 Å². The molecule has 1 N–H and O–H groups in total. The zero-order chi connectivity index (χ0) is 28.1. The monoisotopic (exact) mass is 558 g/mol. The first-order valence-electron chi connectivity index (χ1n) is 14.4. The molecule has 0 bridgehead atoms. The highest BCUT2D eigenvalue weighted by molar-refractivity contribution is 5.83. The molecule has 1 amide bonds. The maximum absolute atomic E-state index is 15.0. The molecule has 1 saturated heterocycles. The molecule has 0 unspecified atom stereocenters. The normalized spacial score (nSPS) is 17.6. The topological polar surface area (TPSA) is 92.1 Å². The number of halogens is 2. The molecule has 9 nitrogen and oxygen atoms in total. The lowest BCUT2D eigenvalue weighted by atomic mass is 10.1. The smallest absolute Gasteiger partial charge is 0.237 e. The number of hydrogen-bond acceptors (Lipinski definition) is 7. The van der Waals surface area contributed by atoms with Crippen LogP contribution in [0.2, 0.25) is 0 Å². The Bertz CT molecular complexity index is 1640. The van der Waals surface area contributed by atoms with Crippen LogP contribution in [0.5, 0.6) is 0 Å². The van der Waals surface area contributed by atoms with Gasteiger partial charge in [-0.05, 0) is 69.5 Å². The molecule has 7 rings (SSSR count). The average molecular weight is 559 g/mol. The molecular formula is C30H32F2N8O. The number of carbonyl (C=O) groups is 1. The van der Waals surface area contributed by atoms with Gasteiger partial charge in [0, 0.05) is 36.8 Å². The van der Waals surface area contributed by atoms with Gasteiger partial charge in [-0.25, -0.2) is 28.7 Å². The van der Waals surface area contributed by atoms with Crippen molar-refractivity contribution in [3.63, 3.8) is 0 Å². The molecule has 5 heterocycles. The fourth-order valence-corrected chi connectivity index (χ4v) is 6.05. The molecule has 4 aromatic rings. The van der Waals surface area contributed by atoms with E-state index < -0.39 is 11.6 Å². The van der Waals surface area contributed by atoms with Crippen molar-refractivity contribution in [1.82, 2.24) is 34.3 Å². The molecule has 3 aliphatic rings. The van der Waals surface area contributed by atoms with Crippen LogP contribution < -0.4 is 5.32 Å². The molecule has 0 radical (unpaired) electrons. The van der Waals surface area contributed by atoms with E-state index in [0.29, 0.717) is 49.0 Å². The second-order valence-electron chi connectivity index (χ2n) is 11.3. The van der Waals surface area contributed by atoms with Crippen LogP contribution in [0.3, 0.4) is 0 Å². The Balaban J connectivity index is 1.09. The fourth-order valence-electron chi connectivity index (χ4n) is 6.05. The van der Waals surface area contributed by atoms with E-state index >= 15 is 4.39 Å². The summed E-state index contributed by atoms with van der Waals surface area (Å²) in [7, 11) is 0. The Morgan fingerprint density at radius 1 is 1.02 bits per heavy atom. The van der Waals surface area contributed by atoms with Gasteiger partial charge in [0.05, 0.1) is 18.3 Å². The highest BCUT2D eigenvalue weighted by atomic mass is 19.1. The van der Waals surface area contributed by atoms with Crippen LogP contribution in [0.1, 0.15) is 55.2 Å². The second-order valence-corrected chi connectivity index (χ2v) is 11.3. The molecule has 41 heavy (non-hydrogen) atoms. The lowest BCUT2D eigenvalue weighted by molar-refractivity contribution is -0.133. The minimum atomic E-state index is -0.642. The molecule has 1 saturated carbocycles. The van der Waals surface area contributed by atoms with E-state index in [-0.39, 0.29) is 23.1 Å². The van der Waals surface area contributed by atoms with Crippen molar-refractivity contribution < 1.29 is 13.6 Å². The van der Waals surface area contributed by atoms with Gasteiger partial charge in [0.25, 0.3) is 0 Å². The third-order valence-electron chi connectivity index (χ3n) is 8.30. The largest absolute Gasteiger partial charge is 0.337 e. The van der Waals surface area contributed by atoms with Crippen molar-refractivity contribution >= 4 is 28.7 Å². The van der Waals surface area contributed by atoms with Gasteiger partial charge in [-0.2, -0.15) is 0 Å². The molecule has 3 aromatic heterocycles. The van der Waals surface area contributed by atoms with Crippen molar-refractivity contribution in [3.8, 4) is 11.3 Å². The number of rotatable bonds is 6. The Labute approximate surface area is 236 Å². The number of carbonyl (C=O) groups excluding carboxylic acids is 1. The van der Waals surface area contributed by atoms with Gasteiger partial charge in [-0.3, -0.25) is 9.69 Å². The molecule has 1 aromatic carbocycles. The Hall–Kier alpha value is -3.99. The van der Waals surface area contributed by atoms with E-state index in [9.17, 15) is 9.18 Å². The fraction of sp³-hybridized carbons (Fsp3) is 0.433. The van der Waals surface area contributed by atoms with Gasteiger partial charge in [-0.1, -0.05) is 12.5 Å². The Morgan fingerprint density at radius 2 is 1.85 bits per heavy atom. The Kier molecular flexibility index (Phi) is 6.61. The number of nitrogens with zero attached hydrogens (tertiary/aromatic N) is 7. The van der Waals surface area contributed by atoms with Crippen molar-refractivity contribution in [2.75, 3.05) is 31.5 Å². The summed E-state index contributed by atoms with van der Waals surface area (Å²) in [6, 6.07) is 7.10. The summed E-state index contributed by atoms with van der Waals surface area (Å²) in [6.07, 6.45) is 7.35. The van der Waals surface area contributed by atoms with Crippen LogP contribution in [0.25, 0.3) is 22.3 Å². The minimum Gasteiger partial charge on any atom is -0.337 e. The third kappa shape index (κ3) is 5.14. The molecule has 0 atom stereocenters. The lowest BCUT2D eigenvalue weighted by Crippen LogP contribution is -2.44. The summed E-state index contributed by atoms with van der Waals surface area (Å²) >= 11 is 0. The van der Waals surface area contributed by atoms with E-state index in [1.807, 2.05) is 28.5 Å². The average Bonchev–Trinajstić information content (AvgIpc) is 3.75. The highest BCUT2D eigenvalue weighted by Gasteiger charge is 2.29. The molecule has 11 heteroatoms. The number of pyridine rings is 1. The van der Waals surface area contributed by atoms with Crippen molar-refractivity contribution in [1.29, 1.82) is 0 Å². The highest BCUT2D eigenvalue weighted by Crippen LogP contribution is 2.40. The van der Waals surface area contributed by atoms with Crippen LogP contribution in [0, 0.1) is 18.6 Å². The van der Waals surface area contributed by atoms with Crippen LogP contribution in [0.4, 0.5) is 20.5 Å². The van der Waals surface area contributed by atoms with Gasteiger partial charge >= 0.3 is 0 Å². The summed E-state index contributed by atoms with van der Waals surface area (Å²) in [6.45, 7) is 5.49. The van der Waals surface area contributed by atoms with E-state index in [1.54, 1.807) is 6.07 Å². The number of likely N-dealkylation sites (tertiary alicyclic amines) is 1. The quantitative estimate of drug-likeness (QED) is 0.359. The summed E-state index contributed by atoms with van der Waals surface area (Å²) < 4.78 is 32.0. The second kappa shape index (κ2) is 10.4. The first kappa shape index (κ1) is 25.9.